The van der Waals surface area contributed by atoms with Gasteiger partial charge in [-0.3, -0.25) is 9.69 Å². The number of halogens is 3. The number of benzene rings is 1. The van der Waals surface area contributed by atoms with Gasteiger partial charge in [-0.2, -0.15) is 0 Å². The lowest BCUT2D eigenvalue weighted by atomic mass is 9.98. The van der Waals surface area contributed by atoms with Crippen LogP contribution in [0.1, 0.15) is 30.9 Å². The summed E-state index contributed by atoms with van der Waals surface area (Å²) in [7, 11) is 0. The Kier molecular flexibility index (Phi) is 8.66. The predicted octanol–water partition coefficient (Wildman–Crippen LogP) is 2.81. The van der Waals surface area contributed by atoms with E-state index in [9.17, 15) is 4.79 Å². The molecule has 2 N–H and O–H groups in total. The van der Waals surface area contributed by atoms with Crippen molar-refractivity contribution >= 4 is 42.3 Å². The zero-order valence-electron chi connectivity index (χ0n) is 15.2. The average Bonchev–Trinajstić information content (AvgIpc) is 3.04. The molecule has 1 aromatic carbocycles. The van der Waals surface area contributed by atoms with E-state index in [0.717, 1.165) is 57.1 Å². The summed E-state index contributed by atoms with van der Waals surface area (Å²) in [5.41, 5.74) is 1.17. The first-order chi connectivity index (χ1) is 12.2. The van der Waals surface area contributed by atoms with Crippen LogP contribution in [-0.2, 0) is 9.53 Å². The van der Waals surface area contributed by atoms with Gasteiger partial charge in [-0.15, -0.1) is 24.8 Å². The number of nitrogens with zero attached hydrogens (tertiary/aromatic N) is 1. The van der Waals surface area contributed by atoms with E-state index in [1.807, 2.05) is 24.3 Å². The zero-order chi connectivity index (χ0) is 17.2. The molecule has 0 bridgehead atoms. The van der Waals surface area contributed by atoms with Gasteiger partial charge in [0, 0.05) is 36.7 Å². The number of hydrogen-bond acceptors (Lipinski definition) is 4. The largest absolute Gasteiger partial charge is 0.371 e. The lowest BCUT2D eigenvalue weighted by Gasteiger charge is -2.35. The van der Waals surface area contributed by atoms with Gasteiger partial charge in [0.25, 0.3) is 0 Å². The normalized spacial score (nSPS) is 30.6. The third-order valence-electron chi connectivity index (χ3n) is 5.67. The molecule has 3 heterocycles. The molecular weight excluding hydrogens is 409 g/mol. The smallest absolute Gasteiger partial charge is 0.224 e. The van der Waals surface area contributed by atoms with Crippen molar-refractivity contribution in [3.05, 3.63) is 34.9 Å². The molecule has 1 aromatic rings. The molecule has 3 fully saturated rings. The number of ether oxygens (including phenoxy) is 1. The minimum Gasteiger partial charge on any atom is -0.371 e. The monoisotopic (exact) mass is 435 g/mol. The number of rotatable bonds is 3. The van der Waals surface area contributed by atoms with Crippen LogP contribution in [-0.4, -0.2) is 55.7 Å². The van der Waals surface area contributed by atoms with Crippen molar-refractivity contribution in [1.29, 1.82) is 0 Å². The summed E-state index contributed by atoms with van der Waals surface area (Å²) in [6.07, 6.45) is 3.17. The zero-order valence-corrected chi connectivity index (χ0v) is 17.6. The van der Waals surface area contributed by atoms with Crippen LogP contribution in [0, 0.1) is 5.92 Å². The van der Waals surface area contributed by atoms with Crippen LogP contribution in [0.15, 0.2) is 24.3 Å². The molecule has 1 amide bonds. The summed E-state index contributed by atoms with van der Waals surface area (Å²) >= 11 is 5.98. The summed E-state index contributed by atoms with van der Waals surface area (Å²) in [6.45, 7) is 4.37. The highest BCUT2D eigenvalue weighted by Gasteiger charge is 2.38. The maximum atomic E-state index is 12.5. The van der Waals surface area contributed by atoms with Gasteiger partial charge in [0.05, 0.1) is 18.6 Å². The number of piperidine rings is 1. The molecule has 0 spiro atoms. The van der Waals surface area contributed by atoms with Gasteiger partial charge in [0.15, 0.2) is 0 Å². The molecule has 0 aromatic heterocycles. The highest BCUT2D eigenvalue weighted by molar-refractivity contribution is 6.30. The lowest BCUT2D eigenvalue weighted by Crippen LogP contribution is -2.45. The number of nitrogens with one attached hydrogen (secondary N) is 2. The summed E-state index contributed by atoms with van der Waals surface area (Å²) in [5, 5.41) is 7.34. The van der Waals surface area contributed by atoms with Crippen LogP contribution >= 0.6 is 36.4 Å². The Balaban J connectivity index is 0.00000131. The van der Waals surface area contributed by atoms with E-state index >= 15 is 0 Å². The van der Waals surface area contributed by atoms with Gasteiger partial charge in [-0.25, -0.2) is 0 Å². The lowest BCUT2D eigenvalue weighted by molar-refractivity contribution is -0.126. The van der Waals surface area contributed by atoms with Gasteiger partial charge in [0.2, 0.25) is 5.91 Å². The Hall–Kier alpha value is -0.560. The van der Waals surface area contributed by atoms with E-state index in [4.69, 9.17) is 16.3 Å². The molecule has 27 heavy (non-hydrogen) atoms. The quantitative estimate of drug-likeness (QED) is 0.765. The van der Waals surface area contributed by atoms with E-state index < -0.39 is 0 Å². The average molecular weight is 437 g/mol. The first kappa shape index (κ1) is 22.7. The minimum atomic E-state index is 0. The summed E-state index contributed by atoms with van der Waals surface area (Å²) in [6, 6.07) is 8.57. The van der Waals surface area contributed by atoms with Gasteiger partial charge >= 0.3 is 0 Å². The number of fused-ring (bicyclic) bond motifs is 1. The van der Waals surface area contributed by atoms with Crippen molar-refractivity contribution in [1.82, 2.24) is 15.5 Å². The molecular formula is C19H28Cl3N3O2. The number of amides is 1. The van der Waals surface area contributed by atoms with Crippen LogP contribution in [0.2, 0.25) is 5.02 Å². The SMILES string of the molecule is Cl.Cl.O=C(N[C@@H]1C[C@H]2CO[C@@H](c3ccc(Cl)cc3)CN2C1)[C@@H]1CCCNC1. The highest BCUT2D eigenvalue weighted by Crippen LogP contribution is 2.31. The fraction of sp³-hybridized carbons (Fsp3) is 0.632. The molecule has 5 nitrogen and oxygen atoms in total. The Labute approximate surface area is 178 Å². The van der Waals surface area contributed by atoms with Crippen LogP contribution in [0.3, 0.4) is 0 Å². The Morgan fingerprint density at radius 1 is 1.22 bits per heavy atom. The molecule has 0 unspecified atom stereocenters. The Morgan fingerprint density at radius 2 is 2.00 bits per heavy atom. The second kappa shape index (κ2) is 10.3. The highest BCUT2D eigenvalue weighted by atomic mass is 35.5. The Bertz CT molecular complexity index is 611. The fourth-order valence-corrected chi connectivity index (χ4v) is 4.38. The maximum absolute atomic E-state index is 12.5. The molecule has 4 rings (SSSR count). The standard InChI is InChI=1S/C19H26ClN3O2.2ClH/c20-15-5-3-13(4-6-15)18-11-23-10-16(8-17(23)12-25-18)22-19(24)14-2-1-7-21-9-14;;/h3-6,14,16-18,21H,1-2,7-12H2,(H,22,24);2*1H/t14-,16-,17+,18-;;/m1../s1. The maximum Gasteiger partial charge on any atom is 0.224 e. The van der Waals surface area contributed by atoms with E-state index in [1.165, 1.54) is 5.56 Å². The molecule has 3 aliphatic rings. The minimum absolute atomic E-state index is 0. The predicted molar refractivity (Wildman–Crippen MR) is 112 cm³/mol. The first-order valence-electron chi connectivity index (χ1n) is 9.31. The van der Waals surface area contributed by atoms with Crippen molar-refractivity contribution < 1.29 is 9.53 Å². The second-order valence-electron chi connectivity index (χ2n) is 7.47. The number of carbonyl (C=O) groups is 1. The fourth-order valence-electron chi connectivity index (χ4n) is 4.25. The molecule has 4 atom stereocenters. The van der Waals surface area contributed by atoms with Gasteiger partial charge in [-0.05, 0) is 43.5 Å². The van der Waals surface area contributed by atoms with Crippen LogP contribution < -0.4 is 10.6 Å². The molecule has 0 aliphatic carbocycles. The molecule has 152 valence electrons. The van der Waals surface area contributed by atoms with E-state index in [2.05, 4.69) is 15.5 Å². The Morgan fingerprint density at radius 3 is 2.70 bits per heavy atom. The van der Waals surface area contributed by atoms with Crippen LogP contribution in [0.5, 0.6) is 0 Å². The first-order valence-corrected chi connectivity index (χ1v) is 9.69. The van der Waals surface area contributed by atoms with E-state index in [-0.39, 0.29) is 48.8 Å². The summed E-state index contributed by atoms with van der Waals surface area (Å²) in [4.78, 5) is 14.9. The van der Waals surface area contributed by atoms with E-state index in [0.29, 0.717) is 6.04 Å². The third-order valence-corrected chi connectivity index (χ3v) is 5.93. The third kappa shape index (κ3) is 5.49. The summed E-state index contributed by atoms with van der Waals surface area (Å²) < 4.78 is 6.08. The molecule has 3 aliphatic heterocycles. The molecule has 0 radical (unpaired) electrons. The topological polar surface area (TPSA) is 53.6 Å². The van der Waals surface area contributed by atoms with Gasteiger partial charge in [-0.1, -0.05) is 23.7 Å². The summed E-state index contributed by atoms with van der Waals surface area (Å²) in [5.74, 6) is 0.344. The molecule has 0 saturated carbocycles. The van der Waals surface area contributed by atoms with Crippen molar-refractivity contribution in [2.24, 2.45) is 5.92 Å². The number of hydrogen-bond donors (Lipinski definition) is 2. The molecule has 8 heteroatoms. The van der Waals surface area contributed by atoms with Crippen molar-refractivity contribution in [3.8, 4) is 0 Å². The number of morpholine rings is 1. The van der Waals surface area contributed by atoms with Crippen LogP contribution in [0.25, 0.3) is 0 Å². The molecule has 3 saturated heterocycles. The van der Waals surface area contributed by atoms with Crippen LogP contribution in [0.4, 0.5) is 0 Å². The second-order valence-corrected chi connectivity index (χ2v) is 7.90. The van der Waals surface area contributed by atoms with Gasteiger partial charge < -0.3 is 15.4 Å². The van der Waals surface area contributed by atoms with E-state index in [1.54, 1.807) is 0 Å². The van der Waals surface area contributed by atoms with Gasteiger partial charge in [0.1, 0.15) is 0 Å². The van der Waals surface area contributed by atoms with Crippen molar-refractivity contribution in [3.63, 3.8) is 0 Å². The van der Waals surface area contributed by atoms with Crippen molar-refractivity contribution in [2.75, 3.05) is 32.8 Å². The van der Waals surface area contributed by atoms with Crippen molar-refractivity contribution in [2.45, 2.75) is 37.5 Å². The number of carbonyl (C=O) groups excluding carboxylic acids is 1.